The summed E-state index contributed by atoms with van der Waals surface area (Å²) in [6, 6.07) is 9.05. The maximum atomic E-state index is 11.2. The van der Waals surface area contributed by atoms with Crippen molar-refractivity contribution in [3.63, 3.8) is 0 Å². The van der Waals surface area contributed by atoms with Gasteiger partial charge >= 0.3 is 5.97 Å². The molecule has 0 unspecified atom stereocenters. The highest BCUT2D eigenvalue weighted by Gasteiger charge is 2.16. The molecule has 3 aromatic rings. The summed E-state index contributed by atoms with van der Waals surface area (Å²) in [5, 5.41) is 23.5. The Morgan fingerprint density at radius 2 is 2.00 bits per heavy atom. The number of carboxylic acid groups (broad SMARTS) is 1. The van der Waals surface area contributed by atoms with Gasteiger partial charge in [0.2, 0.25) is 5.95 Å². The second-order valence-electron chi connectivity index (χ2n) is 5.99. The number of nitrogens with one attached hydrogen (secondary N) is 1. The number of aromatic nitrogens is 2. The number of carbonyl (C=O) groups is 1. The van der Waals surface area contributed by atoms with Crippen molar-refractivity contribution in [2.45, 2.75) is 13.5 Å². The van der Waals surface area contributed by atoms with Gasteiger partial charge in [0.15, 0.2) is 5.75 Å². The SMILES string of the molecule is Cc1cccc([N+](=O)[O-])c1Nc1ncc(OCc2cc(C(=O)O)ccc2Cl)cn1. The summed E-state index contributed by atoms with van der Waals surface area (Å²) < 4.78 is 5.56. The van der Waals surface area contributed by atoms with Crippen LogP contribution in [0.25, 0.3) is 0 Å². The van der Waals surface area contributed by atoms with Crippen molar-refractivity contribution in [1.82, 2.24) is 9.97 Å². The average molecular weight is 415 g/mol. The molecule has 2 N–H and O–H groups in total. The molecule has 148 valence electrons. The Balaban J connectivity index is 1.71. The molecule has 0 radical (unpaired) electrons. The summed E-state index contributed by atoms with van der Waals surface area (Å²) in [6.07, 6.45) is 2.79. The lowest BCUT2D eigenvalue weighted by Gasteiger charge is -2.10. The Morgan fingerprint density at radius 1 is 1.28 bits per heavy atom. The topological polar surface area (TPSA) is 127 Å². The minimum Gasteiger partial charge on any atom is -0.486 e. The van der Waals surface area contributed by atoms with E-state index in [9.17, 15) is 14.9 Å². The number of para-hydroxylation sites is 1. The zero-order valence-electron chi connectivity index (χ0n) is 15.1. The van der Waals surface area contributed by atoms with Crippen LogP contribution in [0.3, 0.4) is 0 Å². The molecule has 0 amide bonds. The van der Waals surface area contributed by atoms with E-state index in [1.54, 1.807) is 19.1 Å². The monoisotopic (exact) mass is 414 g/mol. The molecule has 2 aromatic carbocycles. The number of benzene rings is 2. The van der Waals surface area contributed by atoms with E-state index in [4.69, 9.17) is 21.4 Å². The molecule has 0 saturated carbocycles. The third-order valence-corrected chi connectivity index (χ3v) is 4.37. The molecular weight excluding hydrogens is 400 g/mol. The highest BCUT2D eigenvalue weighted by Crippen LogP contribution is 2.29. The van der Waals surface area contributed by atoms with Crippen LogP contribution in [-0.2, 0) is 6.61 Å². The number of nitrogens with zero attached hydrogens (tertiary/aromatic N) is 3. The van der Waals surface area contributed by atoms with Gasteiger partial charge in [-0.05, 0) is 30.7 Å². The smallest absolute Gasteiger partial charge is 0.335 e. The fourth-order valence-electron chi connectivity index (χ4n) is 2.51. The third kappa shape index (κ3) is 4.77. The molecular formula is C19H15ClN4O5. The van der Waals surface area contributed by atoms with Gasteiger partial charge in [-0.25, -0.2) is 14.8 Å². The molecule has 1 aromatic heterocycles. The van der Waals surface area contributed by atoms with Gasteiger partial charge in [0.05, 0.1) is 22.9 Å². The Morgan fingerprint density at radius 3 is 2.66 bits per heavy atom. The van der Waals surface area contributed by atoms with Crippen LogP contribution in [0.15, 0.2) is 48.8 Å². The number of aryl methyl sites for hydroxylation is 1. The first kappa shape index (κ1) is 20.0. The van der Waals surface area contributed by atoms with Crippen LogP contribution in [-0.4, -0.2) is 26.0 Å². The van der Waals surface area contributed by atoms with Crippen LogP contribution < -0.4 is 10.1 Å². The number of nitro benzene ring substituents is 1. The van der Waals surface area contributed by atoms with Crippen molar-refractivity contribution >= 4 is 34.9 Å². The Hall–Kier alpha value is -3.72. The summed E-state index contributed by atoms with van der Waals surface area (Å²) in [5.41, 5.74) is 1.51. The number of anilines is 2. The number of ether oxygens (including phenoxy) is 1. The number of aromatic carboxylic acids is 1. The molecule has 3 rings (SSSR count). The maximum Gasteiger partial charge on any atom is 0.335 e. The van der Waals surface area contributed by atoms with Gasteiger partial charge in [-0.15, -0.1) is 0 Å². The van der Waals surface area contributed by atoms with Gasteiger partial charge in [0.25, 0.3) is 5.69 Å². The zero-order valence-corrected chi connectivity index (χ0v) is 15.9. The van der Waals surface area contributed by atoms with Gasteiger partial charge in [-0.3, -0.25) is 10.1 Å². The summed E-state index contributed by atoms with van der Waals surface area (Å²) in [4.78, 5) is 30.0. The first-order valence-electron chi connectivity index (χ1n) is 8.32. The summed E-state index contributed by atoms with van der Waals surface area (Å²) in [7, 11) is 0. The van der Waals surface area contributed by atoms with Crippen LogP contribution in [0.2, 0.25) is 5.02 Å². The van der Waals surface area contributed by atoms with Crippen molar-refractivity contribution in [3.05, 3.63) is 80.6 Å². The number of hydrogen-bond donors (Lipinski definition) is 2. The molecule has 1 heterocycles. The van der Waals surface area contributed by atoms with Gasteiger partial charge in [0.1, 0.15) is 12.3 Å². The average Bonchev–Trinajstić information content (AvgIpc) is 2.69. The first-order valence-corrected chi connectivity index (χ1v) is 8.70. The van der Waals surface area contributed by atoms with Gasteiger partial charge in [-0.2, -0.15) is 0 Å². The summed E-state index contributed by atoms with van der Waals surface area (Å²) >= 11 is 6.07. The van der Waals surface area contributed by atoms with E-state index in [0.717, 1.165) is 0 Å². The summed E-state index contributed by atoms with van der Waals surface area (Å²) in [6.45, 7) is 1.77. The van der Waals surface area contributed by atoms with E-state index >= 15 is 0 Å². The number of hydrogen-bond acceptors (Lipinski definition) is 7. The second-order valence-corrected chi connectivity index (χ2v) is 6.40. The highest BCUT2D eigenvalue weighted by atomic mass is 35.5. The van der Waals surface area contributed by atoms with Gasteiger partial charge in [0, 0.05) is 16.7 Å². The minimum absolute atomic E-state index is 0.0271. The largest absolute Gasteiger partial charge is 0.486 e. The van der Waals surface area contributed by atoms with Crippen LogP contribution in [0.1, 0.15) is 21.5 Å². The standard InChI is InChI=1S/C19H15ClN4O5/c1-11-3-2-4-16(24(27)28)17(11)23-19-21-8-14(9-22-19)29-10-13-7-12(18(25)26)5-6-15(13)20/h2-9H,10H2,1H3,(H,25,26)(H,21,22,23). The number of rotatable bonds is 7. The van der Waals surface area contributed by atoms with Crippen LogP contribution in [0.5, 0.6) is 5.75 Å². The first-order chi connectivity index (χ1) is 13.8. The molecule has 0 bridgehead atoms. The van der Waals surface area contributed by atoms with E-state index < -0.39 is 10.9 Å². The Labute approximate surface area is 170 Å². The predicted octanol–water partition coefficient (Wildman–Crippen LogP) is 4.37. The number of halogens is 1. The lowest BCUT2D eigenvalue weighted by atomic mass is 10.1. The van der Waals surface area contributed by atoms with Gasteiger partial charge < -0.3 is 15.2 Å². The molecule has 0 atom stereocenters. The lowest BCUT2D eigenvalue weighted by Crippen LogP contribution is -2.04. The van der Waals surface area contributed by atoms with Crippen molar-refractivity contribution in [2.24, 2.45) is 0 Å². The number of carboxylic acids is 1. The molecule has 29 heavy (non-hydrogen) atoms. The molecule has 0 fully saturated rings. The fourth-order valence-corrected chi connectivity index (χ4v) is 2.69. The van der Waals surface area contributed by atoms with E-state index in [0.29, 0.717) is 27.6 Å². The molecule has 0 saturated heterocycles. The van der Waals surface area contributed by atoms with Crippen molar-refractivity contribution in [3.8, 4) is 5.75 Å². The molecule has 0 aliphatic heterocycles. The highest BCUT2D eigenvalue weighted by molar-refractivity contribution is 6.31. The molecule has 0 spiro atoms. The molecule has 0 aliphatic carbocycles. The van der Waals surface area contributed by atoms with Crippen LogP contribution in [0, 0.1) is 17.0 Å². The van der Waals surface area contributed by atoms with Crippen LogP contribution in [0.4, 0.5) is 17.3 Å². The fraction of sp³-hybridized carbons (Fsp3) is 0.105. The van der Waals surface area contributed by atoms with Crippen molar-refractivity contribution < 1.29 is 19.6 Å². The third-order valence-electron chi connectivity index (χ3n) is 4.00. The Bertz CT molecular complexity index is 1070. The van der Waals surface area contributed by atoms with E-state index in [-0.39, 0.29) is 23.8 Å². The maximum absolute atomic E-state index is 11.2. The molecule has 0 aliphatic rings. The van der Waals surface area contributed by atoms with E-state index in [1.807, 2.05) is 0 Å². The Kier molecular flexibility index (Phi) is 5.89. The van der Waals surface area contributed by atoms with Crippen molar-refractivity contribution in [1.29, 1.82) is 0 Å². The quantitative estimate of drug-likeness (QED) is 0.431. The van der Waals surface area contributed by atoms with E-state index in [2.05, 4.69) is 15.3 Å². The van der Waals surface area contributed by atoms with Crippen molar-refractivity contribution in [2.75, 3.05) is 5.32 Å². The second kappa shape index (κ2) is 8.53. The zero-order chi connectivity index (χ0) is 21.0. The van der Waals surface area contributed by atoms with Crippen LogP contribution >= 0.6 is 11.6 Å². The normalized spacial score (nSPS) is 10.4. The predicted molar refractivity (Wildman–Crippen MR) is 106 cm³/mol. The number of nitro groups is 1. The van der Waals surface area contributed by atoms with E-state index in [1.165, 1.54) is 36.7 Å². The van der Waals surface area contributed by atoms with Gasteiger partial charge in [-0.1, -0.05) is 23.7 Å². The summed E-state index contributed by atoms with van der Waals surface area (Å²) in [5.74, 6) is -0.570. The molecule has 9 nitrogen and oxygen atoms in total. The minimum atomic E-state index is -1.06. The lowest BCUT2D eigenvalue weighted by molar-refractivity contribution is -0.384. The molecule has 10 heteroatoms.